The van der Waals surface area contributed by atoms with Crippen LogP contribution in [0.4, 0.5) is 8.78 Å². The normalized spacial score (nSPS) is 16.8. The van der Waals surface area contributed by atoms with Crippen LogP contribution in [0, 0.1) is 11.6 Å². The summed E-state index contributed by atoms with van der Waals surface area (Å²) in [6, 6.07) is 3.38. The van der Waals surface area contributed by atoms with Crippen LogP contribution in [0.5, 0.6) is 0 Å². The highest BCUT2D eigenvalue weighted by Gasteiger charge is 2.27. The van der Waals surface area contributed by atoms with Crippen LogP contribution in [-0.2, 0) is 16.6 Å². The minimum atomic E-state index is -3.15. The molecule has 0 bridgehead atoms. The summed E-state index contributed by atoms with van der Waals surface area (Å²) in [4.78, 5) is 4.08. The molecule has 2 N–H and O–H groups in total. The first-order valence-electron chi connectivity index (χ1n) is 8.24. The largest absolute Gasteiger partial charge is 0.354 e. The SMILES string of the molecule is CCS(=O)(=O)N1CCC(NC(=NC)NCc2cc(F)ccc2F)CC1.I. The third kappa shape index (κ3) is 6.31. The van der Waals surface area contributed by atoms with Gasteiger partial charge in [0, 0.05) is 38.3 Å². The maximum absolute atomic E-state index is 13.6. The van der Waals surface area contributed by atoms with Crippen LogP contribution in [0.25, 0.3) is 0 Å². The van der Waals surface area contributed by atoms with E-state index in [9.17, 15) is 17.2 Å². The zero-order valence-electron chi connectivity index (χ0n) is 14.8. The summed E-state index contributed by atoms with van der Waals surface area (Å²) in [6.07, 6.45) is 1.32. The molecule has 0 spiro atoms. The molecule has 0 radical (unpaired) electrons. The smallest absolute Gasteiger partial charge is 0.213 e. The molecule has 26 heavy (non-hydrogen) atoms. The Kier molecular flexibility index (Phi) is 9.17. The fourth-order valence-corrected chi connectivity index (χ4v) is 3.84. The van der Waals surface area contributed by atoms with Gasteiger partial charge in [-0.15, -0.1) is 24.0 Å². The Morgan fingerprint density at radius 3 is 2.54 bits per heavy atom. The molecular formula is C16H25F2IN4O2S. The Morgan fingerprint density at radius 2 is 1.96 bits per heavy atom. The topological polar surface area (TPSA) is 73.8 Å². The van der Waals surface area contributed by atoms with Crippen molar-refractivity contribution in [2.24, 2.45) is 4.99 Å². The first kappa shape index (κ1) is 23.0. The third-order valence-electron chi connectivity index (χ3n) is 4.23. The number of rotatable bonds is 5. The molecule has 1 aromatic rings. The molecular weight excluding hydrogens is 477 g/mol. The molecule has 1 fully saturated rings. The highest BCUT2D eigenvalue weighted by Crippen LogP contribution is 2.14. The number of nitrogens with zero attached hydrogens (tertiary/aromatic N) is 2. The van der Waals surface area contributed by atoms with Crippen LogP contribution in [0.3, 0.4) is 0 Å². The number of hydrogen-bond acceptors (Lipinski definition) is 3. The van der Waals surface area contributed by atoms with Gasteiger partial charge in [-0.1, -0.05) is 0 Å². The zero-order chi connectivity index (χ0) is 18.4. The van der Waals surface area contributed by atoms with E-state index in [-0.39, 0.29) is 47.9 Å². The van der Waals surface area contributed by atoms with Gasteiger partial charge in [0.2, 0.25) is 10.0 Å². The molecule has 0 amide bonds. The number of nitrogens with one attached hydrogen (secondary N) is 2. The van der Waals surface area contributed by atoms with Crippen molar-refractivity contribution in [3.05, 3.63) is 35.4 Å². The van der Waals surface area contributed by atoms with Gasteiger partial charge < -0.3 is 10.6 Å². The molecule has 1 heterocycles. The summed E-state index contributed by atoms with van der Waals surface area (Å²) in [7, 11) is -1.56. The number of hydrogen-bond donors (Lipinski definition) is 2. The van der Waals surface area contributed by atoms with Crippen LogP contribution in [0.2, 0.25) is 0 Å². The van der Waals surface area contributed by atoms with E-state index in [0.717, 1.165) is 18.2 Å². The maximum Gasteiger partial charge on any atom is 0.213 e. The van der Waals surface area contributed by atoms with E-state index >= 15 is 0 Å². The second-order valence-corrected chi connectivity index (χ2v) is 8.14. The lowest BCUT2D eigenvalue weighted by Gasteiger charge is -2.32. The maximum atomic E-state index is 13.6. The van der Waals surface area contributed by atoms with Crippen LogP contribution in [0.1, 0.15) is 25.3 Å². The van der Waals surface area contributed by atoms with Crippen molar-refractivity contribution in [3.63, 3.8) is 0 Å². The monoisotopic (exact) mass is 502 g/mol. The number of benzene rings is 1. The lowest BCUT2D eigenvalue weighted by atomic mass is 10.1. The van der Waals surface area contributed by atoms with E-state index in [4.69, 9.17) is 0 Å². The molecule has 1 aliphatic rings. The van der Waals surface area contributed by atoms with Crippen molar-refractivity contribution >= 4 is 40.0 Å². The number of sulfonamides is 1. The van der Waals surface area contributed by atoms with E-state index in [0.29, 0.717) is 31.9 Å². The summed E-state index contributed by atoms with van der Waals surface area (Å²) in [5.74, 6) is -0.401. The first-order valence-corrected chi connectivity index (χ1v) is 9.85. The van der Waals surface area contributed by atoms with Gasteiger partial charge in [0.25, 0.3) is 0 Å². The van der Waals surface area contributed by atoms with Gasteiger partial charge in [0.15, 0.2) is 5.96 Å². The summed E-state index contributed by atoms with van der Waals surface area (Å²) >= 11 is 0. The van der Waals surface area contributed by atoms with Crippen LogP contribution < -0.4 is 10.6 Å². The van der Waals surface area contributed by atoms with E-state index in [2.05, 4.69) is 15.6 Å². The second-order valence-electron chi connectivity index (χ2n) is 5.88. The lowest BCUT2D eigenvalue weighted by molar-refractivity contribution is 0.306. The average Bonchev–Trinajstić information content (AvgIpc) is 2.61. The molecule has 0 aliphatic carbocycles. The van der Waals surface area contributed by atoms with E-state index in [1.165, 1.54) is 4.31 Å². The van der Waals surface area contributed by atoms with E-state index < -0.39 is 21.7 Å². The van der Waals surface area contributed by atoms with Crippen LogP contribution in [-0.4, -0.2) is 50.6 Å². The van der Waals surface area contributed by atoms with Gasteiger partial charge in [-0.3, -0.25) is 4.99 Å². The second kappa shape index (κ2) is 10.4. The van der Waals surface area contributed by atoms with Crippen LogP contribution in [0.15, 0.2) is 23.2 Å². The predicted molar refractivity (Wildman–Crippen MR) is 109 cm³/mol. The summed E-state index contributed by atoms with van der Waals surface area (Å²) < 4.78 is 52.1. The van der Waals surface area contributed by atoms with Crippen molar-refractivity contribution in [1.29, 1.82) is 0 Å². The third-order valence-corrected chi connectivity index (χ3v) is 6.11. The van der Waals surface area contributed by atoms with E-state index in [1.54, 1.807) is 14.0 Å². The fourth-order valence-electron chi connectivity index (χ4n) is 2.71. The quantitative estimate of drug-likeness (QED) is 0.368. The van der Waals surface area contributed by atoms with Gasteiger partial charge in [-0.05, 0) is 38.0 Å². The minimum absolute atomic E-state index is 0. The standard InChI is InChI=1S/C16H24F2N4O2S.HI/c1-3-25(23,24)22-8-6-14(7-9-22)21-16(19-2)20-11-12-10-13(17)4-5-15(12)18;/h4-5,10,14H,3,6-9,11H2,1-2H3,(H2,19,20,21);1H. The molecule has 148 valence electrons. The molecule has 0 aromatic heterocycles. The Hall–Kier alpha value is -1.01. The molecule has 1 aromatic carbocycles. The van der Waals surface area contributed by atoms with Crippen molar-refractivity contribution in [2.75, 3.05) is 25.9 Å². The molecule has 0 saturated carbocycles. The number of piperidine rings is 1. The van der Waals surface area contributed by atoms with Gasteiger partial charge in [-0.25, -0.2) is 21.5 Å². The molecule has 1 saturated heterocycles. The van der Waals surface area contributed by atoms with Crippen molar-refractivity contribution in [1.82, 2.24) is 14.9 Å². The highest BCUT2D eigenvalue weighted by atomic mass is 127. The van der Waals surface area contributed by atoms with Gasteiger partial charge in [-0.2, -0.15) is 0 Å². The van der Waals surface area contributed by atoms with E-state index in [1.807, 2.05) is 0 Å². The van der Waals surface area contributed by atoms with Crippen molar-refractivity contribution in [3.8, 4) is 0 Å². The molecule has 0 unspecified atom stereocenters. The lowest BCUT2D eigenvalue weighted by Crippen LogP contribution is -2.49. The number of guanidine groups is 1. The molecule has 2 rings (SSSR count). The minimum Gasteiger partial charge on any atom is -0.354 e. The Morgan fingerprint density at radius 1 is 1.31 bits per heavy atom. The van der Waals surface area contributed by atoms with Gasteiger partial charge >= 0.3 is 0 Å². The molecule has 6 nitrogen and oxygen atoms in total. The van der Waals surface area contributed by atoms with Crippen LogP contribution >= 0.6 is 24.0 Å². The summed E-state index contributed by atoms with van der Waals surface area (Å²) in [5.41, 5.74) is 0.215. The summed E-state index contributed by atoms with van der Waals surface area (Å²) in [6.45, 7) is 2.66. The van der Waals surface area contributed by atoms with Gasteiger partial charge in [0.1, 0.15) is 11.6 Å². The van der Waals surface area contributed by atoms with Gasteiger partial charge in [0.05, 0.1) is 5.75 Å². The highest BCUT2D eigenvalue weighted by molar-refractivity contribution is 14.0. The average molecular weight is 502 g/mol. The Bertz CT molecular complexity index is 723. The first-order chi connectivity index (χ1) is 11.9. The Balaban J connectivity index is 0.00000338. The molecule has 0 atom stereocenters. The van der Waals surface area contributed by atoms with Crippen molar-refractivity contribution < 1.29 is 17.2 Å². The molecule has 10 heteroatoms. The Labute approximate surface area is 170 Å². The number of aliphatic imine (C=N–C) groups is 1. The molecule has 1 aliphatic heterocycles. The number of halogens is 3. The summed E-state index contributed by atoms with van der Waals surface area (Å²) in [5, 5.41) is 6.16. The fraction of sp³-hybridized carbons (Fsp3) is 0.562. The zero-order valence-corrected chi connectivity index (χ0v) is 18.0. The predicted octanol–water partition coefficient (Wildman–Crippen LogP) is 2.06. The van der Waals surface area contributed by atoms with Crippen molar-refractivity contribution in [2.45, 2.75) is 32.4 Å².